The maximum atomic E-state index is 11.8. The summed E-state index contributed by atoms with van der Waals surface area (Å²) < 4.78 is 0. The van der Waals surface area contributed by atoms with E-state index in [4.69, 9.17) is 5.11 Å². The van der Waals surface area contributed by atoms with Gasteiger partial charge in [-0.05, 0) is 32.1 Å². The van der Waals surface area contributed by atoms with Crippen LogP contribution in [0.25, 0.3) is 0 Å². The number of rotatable bonds is 6. The van der Waals surface area contributed by atoms with Crippen molar-refractivity contribution >= 4 is 11.9 Å². The third-order valence-electron chi connectivity index (χ3n) is 2.91. The van der Waals surface area contributed by atoms with Gasteiger partial charge >= 0.3 is 5.97 Å². The first-order valence-electron chi connectivity index (χ1n) is 5.55. The monoisotopic (exact) mass is 213 g/mol. The summed E-state index contributed by atoms with van der Waals surface area (Å²) in [6, 6.07) is 0.0207. The molecule has 0 saturated heterocycles. The Morgan fingerprint density at radius 2 is 2.07 bits per heavy atom. The molecule has 0 aromatic carbocycles. The Balaban J connectivity index is 2.52. The van der Waals surface area contributed by atoms with E-state index in [2.05, 4.69) is 0 Å². The maximum Gasteiger partial charge on any atom is 0.323 e. The number of carbonyl (C=O) groups is 2. The molecule has 86 valence electrons. The zero-order chi connectivity index (χ0) is 11.4. The van der Waals surface area contributed by atoms with Crippen molar-refractivity contribution in [1.29, 1.82) is 0 Å². The number of carbonyl (C=O) groups excluding carboxylic acids is 1. The van der Waals surface area contributed by atoms with Gasteiger partial charge in [-0.15, -0.1) is 0 Å². The first kappa shape index (κ1) is 12.0. The van der Waals surface area contributed by atoms with Crippen LogP contribution < -0.4 is 0 Å². The number of nitrogens with zero attached hydrogens (tertiary/aromatic N) is 1. The van der Waals surface area contributed by atoms with Crippen LogP contribution in [-0.2, 0) is 9.59 Å². The molecule has 1 saturated carbocycles. The van der Waals surface area contributed by atoms with Crippen molar-refractivity contribution in [2.24, 2.45) is 5.92 Å². The first-order chi connectivity index (χ1) is 7.04. The molecular weight excluding hydrogens is 194 g/mol. The third kappa shape index (κ3) is 3.90. The second-order valence-corrected chi connectivity index (χ2v) is 4.32. The van der Waals surface area contributed by atoms with Gasteiger partial charge in [0.05, 0.1) is 0 Å². The van der Waals surface area contributed by atoms with E-state index in [0.717, 1.165) is 19.3 Å². The lowest BCUT2D eigenvalue weighted by atomic mass is 10.2. The maximum absolute atomic E-state index is 11.8. The number of hydrogen-bond acceptors (Lipinski definition) is 2. The lowest BCUT2D eigenvalue weighted by Crippen LogP contribution is -2.41. The number of aliphatic carboxylic acids is 1. The van der Waals surface area contributed by atoms with Crippen LogP contribution in [0.3, 0.4) is 0 Å². The lowest BCUT2D eigenvalue weighted by Gasteiger charge is -2.27. The van der Waals surface area contributed by atoms with E-state index >= 15 is 0 Å². The molecule has 1 aliphatic rings. The molecule has 4 heteroatoms. The lowest BCUT2D eigenvalue weighted by molar-refractivity contribution is -0.146. The van der Waals surface area contributed by atoms with Gasteiger partial charge in [0, 0.05) is 12.5 Å². The summed E-state index contributed by atoms with van der Waals surface area (Å²) in [6.45, 7) is 3.69. The van der Waals surface area contributed by atoms with Crippen LogP contribution in [0, 0.1) is 5.92 Å². The molecule has 1 fully saturated rings. The van der Waals surface area contributed by atoms with Gasteiger partial charge in [0.15, 0.2) is 0 Å². The molecule has 1 unspecified atom stereocenters. The average molecular weight is 213 g/mol. The molecule has 0 aromatic rings. The van der Waals surface area contributed by atoms with Crippen molar-refractivity contribution < 1.29 is 14.7 Å². The number of hydrogen-bond donors (Lipinski definition) is 1. The third-order valence-corrected chi connectivity index (χ3v) is 2.91. The molecule has 0 aromatic heterocycles. The number of amides is 1. The van der Waals surface area contributed by atoms with Crippen molar-refractivity contribution in [2.75, 3.05) is 6.54 Å². The topological polar surface area (TPSA) is 57.6 Å². The first-order valence-corrected chi connectivity index (χ1v) is 5.55. The van der Waals surface area contributed by atoms with Crippen LogP contribution in [0.2, 0.25) is 0 Å². The largest absolute Gasteiger partial charge is 0.480 e. The molecular formula is C11H19NO3. The van der Waals surface area contributed by atoms with Gasteiger partial charge < -0.3 is 10.0 Å². The van der Waals surface area contributed by atoms with E-state index in [1.165, 1.54) is 4.90 Å². The quantitative estimate of drug-likeness (QED) is 0.727. The minimum absolute atomic E-state index is 0.00532. The molecule has 1 aliphatic carbocycles. The zero-order valence-electron chi connectivity index (χ0n) is 9.40. The highest BCUT2D eigenvalue weighted by Crippen LogP contribution is 2.33. The molecule has 0 aliphatic heterocycles. The fourth-order valence-corrected chi connectivity index (χ4v) is 1.54. The van der Waals surface area contributed by atoms with Crippen LogP contribution in [0.4, 0.5) is 0 Å². The number of carboxylic acids is 1. The van der Waals surface area contributed by atoms with Gasteiger partial charge in [0.2, 0.25) is 5.91 Å². The van der Waals surface area contributed by atoms with Crippen LogP contribution >= 0.6 is 0 Å². The smallest absolute Gasteiger partial charge is 0.323 e. The Bertz CT molecular complexity index is 248. The van der Waals surface area contributed by atoms with Crippen molar-refractivity contribution in [1.82, 2.24) is 4.90 Å². The molecule has 15 heavy (non-hydrogen) atoms. The number of carboxylic acid groups (broad SMARTS) is 1. The normalized spacial score (nSPS) is 17.2. The second-order valence-electron chi connectivity index (χ2n) is 4.32. The van der Waals surface area contributed by atoms with E-state index in [0.29, 0.717) is 12.3 Å². The summed E-state index contributed by atoms with van der Waals surface area (Å²) in [5.74, 6) is -0.424. The fourth-order valence-electron chi connectivity index (χ4n) is 1.54. The highest BCUT2D eigenvalue weighted by atomic mass is 16.4. The summed E-state index contributed by atoms with van der Waals surface area (Å²) in [5.41, 5.74) is 0. The summed E-state index contributed by atoms with van der Waals surface area (Å²) in [6.07, 6.45) is 3.56. The van der Waals surface area contributed by atoms with E-state index in [1.807, 2.05) is 13.8 Å². The molecule has 4 nitrogen and oxygen atoms in total. The Morgan fingerprint density at radius 3 is 2.47 bits per heavy atom. The fraction of sp³-hybridized carbons (Fsp3) is 0.818. The van der Waals surface area contributed by atoms with Gasteiger partial charge in [-0.2, -0.15) is 0 Å². The van der Waals surface area contributed by atoms with Gasteiger partial charge in [-0.1, -0.05) is 6.92 Å². The van der Waals surface area contributed by atoms with Gasteiger partial charge in [0.25, 0.3) is 0 Å². The van der Waals surface area contributed by atoms with Gasteiger partial charge in [-0.25, -0.2) is 0 Å². The van der Waals surface area contributed by atoms with E-state index < -0.39 is 5.97 Å². The van der Waals surface area contributed by atoms with Crippen molar-refractivity contribution in [3.63, 3.8) is 0 Å². The Morgan fingerprint density at radius 1 is 1.47 bits per heavy atom. The van der Waals surface area contributed by atoms with Crippen molar-refractivity contribution in [2.45, 2.75) is 45.6 Å². The van der Waals surface area contributed by atoms with Gasteiger partial charge in [0.1, 0.15) is 6.54 Å². The molecule has 1 amide bonds. The van der Waals surface area contributed by atoms with Gasteiger partial charge in [-0.3, -0.25) is 9.59 Å². The minimum Gasteiger partial charge on any atom is -0.480 e. The molecule has 1 N–H and O–H groups in total. The van der Waals surface area contributed by atoms with E-state index in [9.17, 15) is 9.59 Å². The highest BCUT2D eigenvalue weighted by Gasteiger charge is 2.29. The predicted octanol–water partition coefficient (Wildman–Crippen LogP) is 1.50. The summed E-state index contributed by atoms with van der Waals surface area (Å²) in [7, 11) is 0. The molecule has 0 spiro atoms. The molecule has 0 bridgehead atoms. The Kier molecular flexibility index (Phi) is 4.12. The van der Waals surface area contributed by atoms with Crippen molar-refractivity contribution in [3.8, 4) is 0 Å². The van der Waals surface area contributed by atoms with E-state index in [1.54, 1.807) is 0 Å². The molecule has 1 atom stereocenters. The predicted molar refractivity (Wildman–Crippen MR) is 56.4 cm³/mol. The standard InChI is InChI=1S/C11H19NO3/c1-3-8(2)12(7-11(14)15)10(13)6-9-4-5-9/h8-9H,3-7H2,1-2H3,(H,14,15). The SMILES string of the molecule is CCC(C)N(CC(=O)O)C(=O)CC1CC1. The summed E-state index contributed by atoms with van der Waals surface area (Å²) in [5, 5.41) is 8.73. The molecule has 0 heterocycles. The van der Waals surface area contributed by atoms with Crippen LogP contribution in [-0.4, -0.2) is 34.5 Å². The average Bonchev–Trinajstić information content (AvgIpc) is 2.96. The van der Waals surface area contributed by atoms with Crippen molar-refractivity contribution in [3.05, 3.63) is 0 Å². The zero-order valence-corrected chi connectivity index (χ0v) is 9.40. The van der Waals surface area contributed by atoms with Crippen LogP contribution in [0.1, 0.15) is 39.5 Å². The Hall–Kier alpha value is -1.06. The second kappa shape index (κ2) is 5.14. The molecule has 0 radical (unpaired) electrons. The summed E-state index contributed by atoms with van der Waals surface area (Å²) >= 11 is 0. The highest BCUT2D eigenvalue weighted by molar-refractivity contribution is 5.81. The van der Waals surface area contributed by atoms with E-state index in [-0.39, 0.29) is 18.5 Å². The minimum atomic E-state index is -0.931. The summed E-state index contributed by atoms with van der Waals surface area (Å²) in [4.78, 5) is 23.9. The van der Waals surface area contributed by atoms with Crippen LogP contribution in [0.15, 0.2) is 0 Å². The molecule has 1 rings (SSSR count). The van der Waals surface area contributed by atoms with Crippen LogP contribution in [0.5, 0.6) is 0 Å². The Labute approximate surface area is 90.3 Å².